The first-order valence-electron chi connectivity index (χ1n) is 8.66. The molecule has 3 aromatic rings. The number of ether oxygens (including phenoxy) is 2. The van der Waals surface area contributed by atoms with Crippen LogP contribution in [0.4, 0.5) is 5.69 Å². The maximum atomic E-state index is 12.6. The van der Waals surface area contributed by atoms with Gasteiger partial charge >= 0.3 is 0 Å². The number of aryl methyl sites for hydroxylation is 1. The molecule has 1 unspecified atom stereocenters. The lowest BCUT2D eigenvalue weighted by Gasteiger charge is -2.14. The first kappa shape index (κ1) is 20.3. The highest BCUT2D eigenvalue weighted by atomic mass is 32.2. The van der Waals surface area contributed by atoms with E-state index in [2.05, 4.69) is 10.3 Å². The third-order valence-electron chi connectivity index (χ3n) is 4.13. The van der Waals surface area contributed by atoms with Crippen LogP contribution in [0.5, 0.6) is 11.5 Å². The third kappa shape index (κ3) is 4.69. The first-order valence-corrected chi connectivity index (χ1v) is 10.6. The predicted molar refractivity (Wildman–Crippen MR) is 113 cm³/mol. The fourth-order valence-corrected chi connectivity index (χ4v) is 4.03. The minimum atomic E-state index is -0.280. The first-order chi connectivity index (χ1) is 13.5. The van der Waals surface area contributed by atoms with Crippen LogP contribution in [0.3, 0.4) is 0 Å². The number of oxazole rings is 1. The minimum absolute atomic E-state index is 0.115. The Bertz CT molecular complexity index is 938. The third-order valence-corrected chi connectivity index (χ3v) is 6.14. The van der Waals surface area contributed by atoms with Gasteiger partial charge in [-0.2, -0.15) is 0 Å². The largest absolute Gasteiger partial charge is 0.497 e. The Labute approximate surface area is 172 Å². The van der Waals surface area contributed by atoms with Crippen molar-refractivity contribution < 1.29 is 18.7 Å². The zero-order valence-electron chi connectivity index (χ0n) is 16.1. The van der Waals surface area contributed by atoms with E-state index in [-0.39, 0.29) is 11.2 Å². The van der Waals surface area contributed by atoms with E-state index < -0.39 is 0 Å². The molecule has 1 aromatic carbocycles. The lowest BCUT2D eigenvalue weighted by molar-refractivity contribution is -0.115. The molecule has 8 heteroatoms. The quantitative estimate of drug-likeness (QED) is 0.556. The number of hydrogen-bond donors (Lipinski definition) is 1. The van der Waals surface area contributed by atoms with E-state index >= 15 is 0 Å². The van der Waals surface area contributed by atoms with Gasteiger partial charge in [0.2, 0.25) is 11.8 Å². The zero-order chi connectivity index (χ0) is 20.1. The Morgan fingerprint density at radius 3 is 2.82 bits per heavy atom. The van der Waals surface area contributed by atoms with Crippen molar-refractivity contribution in [1.82, 2.24) is 4.98 Å². The number of nitrogens with one attached hydrogen (secondary N) is 1. The van der Waals surface area contributed by atoms with Crippen LogP contribution < -0.4 is 14.8 Å². The number of nitrogens with zero attached hydrogens (tertiary/aromatic N) is 1. The summed E-state index contributed by atoms with van der Waals surface area (Å²) in [5.74, 6) is 3.11. The van der Waals surface area contributed by atoms with Crippen molar-refractivity contribution in [2.45, 2.75) is 24.9 Å². The van der Waals surface area contributed by atoms with Gasteiger partial charge in [-0.15, -0.1) is 23.1 Å². The van der Waals surface area contributed by atoms with Gasteiger partial charge < -0.3 is 19.2 Å². The summed E-state index contributed by atoms with van der Waals surface area (Å²) in [6, 6.07) is 9.23. The van der Waals surface area contributed by atoms with Gasteiger partial charge in [0.25, 0.3) is 0 Å². The summed E-state index contributed by atoms with van der Waals surface area (Å²) >= 11 is 3.09. The molecule has 0 radical (unpaired) electrons. The van der Waals surface area contributed by atoms with Crippen LogP contribution in [0, 0.1) is 6.92 Å². The van der Waals surface area contributed by atoms with Crippen LogP contribution in [0.1, 0.15) is 18.4 Å². The number of carbonyl (C=O) groups is 1. The maximum Gasteiger partial charge on any atom is 0.237 e. The van der Waals surface area contributed by atoms with Crippen molar-refractivity contribution in [2.75, 3.05) is 19.5 Å². The van der Waals surface area contributed by atoms with Gasteiger partial charge in [0.05, 0.1) is 35.7 Å². The highest BCUT2D eigenvalue weighted by Gasteiger charge is 2.19. The van der Waals surface area contributed by atoms with Crippen LogP contribution in [0.2, 0.25) is 0 Å². The lowest BCUT2D eigenvalue weighted by atomic mass is 10.2. The van der Waals surface area contributed by atoms with Gasteiger partial charge in [-0.3, -0.25) is 4.79 Å². The number of thioether (sulfide) groups is 1. The molecular weight excluding hydrogens is 396 g/mol. The van der Waals surface area contributed by atoms with Crippen LogP contribution in [0.25, 0.3) is 10.8 Å². The second-order valence-electron chi connectivity index (χ2n) is 6.01. The number of amides is 1. The lowest BCUT2D eigenvalue weighted by Crippen LogP contribution is -2.23. The number of carbonyl (C=O) groups excluding carboxylic acids is 1. The molecule has 0 spiro atoms. The van der Waals surface area contributed by atoms with Gasteiger partial charge in [0, 0.05) is 11.8 Å². The number of thiophene rings is 1. The summed E-state index contributed by atoms with van der Waals surface area (Å²) in [6.45, 7) is 3.76. The monoisotopic (exact) mass is 418 g/mol. The summed E-state index contributed by atoms with van der Waals surface area (Å²) in [6.07, 6.45) is 0. The fraction of sp³-hybridized carbons (Fsp3) is 0.300. The van der Waals surface area contributed by atoms with Crippen LogP contribution in [-0.2, 0) is 10.5 Å². The Hall–Kier alpha value is -2.45. The Morgan fingerprint density at radius 2 is 2.14 bits per heavy atom. The summed E-state index contributed by atoms with van der Waals surface area (Å²) in [5.41, 5.74) is 1.43. The van der Waals surface area contributed by atoms with Crippen molar-refractivity contribution >= 4 is 34.7 Å². The van der Waals surface area contributed by atoms with Gasteiger partial charge in [0.15, 0.2) is 0 Å². The fourth-order valence-electron chi connectivity index (χ4n) is 2.49. The molecule has 0 aliphatic rings. The minimum Gasteiger partial charge on any atom is -0.497 e. The van der Waals surface area contributed by atoms with E-state index in [4.69, 9.17) is 13.9 Å². The van der Waals surface area contributed by atoms with E-state index in [0.717, 1.165) is 16.3 Å². The van der Waals surface area contributed by atoms with Crippen molar-refractivity contribution in [1.29, 1.82) is 0 Å². The molecular formula is C20H22N2O4S2. The van der Waals surface area contributed by atoms with Crippen molar-refractivity contribution in [3.63, 3.8) is 0 Å². The molecule has 0 fully saturated rings. The molecule has 3 rings (SSSR count). The van der Waals surface area contributed by atoms with E-state index in [1.54, 1.807) is 43.8 Å². The molecule has 0 aliphatic heterocycles. The SMILES string of the molecule is COc1ccc(OC)c(NC(=O)C(C)SCc2nc(-c3cccs3)oc2C)c1. The topological polar surface area (TPSA) is 73.6 Å². The summed E-state index contributed by atoms with van der Waals surface area (Å²) in [7, 11) is 3.14. The average molecular weight is 419 g/mol. The molecule has 2 aromatic heterocycles. The molecule has 1 atom stereocenters. The molecule has 148 valence electrons. The van der Waals surface area contributed by atoms with E-state index in [1.165, 1.54) is 11.8 Å². The maximum absolute atomic E-state index is 12.6. The van der Waals surface area contributed by atoms with E-state index in [9.17, 15) is 4.79 Å². The molecule has 28 heavy (non-hydrogen) atoms. The zero-order valence-corrected chi connectivity index (χ0v) is 17.8. The van der Waals surface area contributed by atoms with Crippen molar-refractivity contribution in [2.24, 2.45) is 0 Å². The normalized spacial score (nSPS) is 11.9. The second kappa shape index (κ2) is 9.16. The molecule has 0 saturated heterocycles. The Kier molecular flexibility index (Phi) is 6.64. The molecule has 2 heterocycles. The molecule has 1 N–H and O–H groups in total. The number of rotatable bonds is 8. The number of hydrogen-bond acceptors (Lipinski definition) is 7. The number of anilines is 1. The van der Waals surface area contributed by atoms with Gasteiger partial charge in [-0.1, -0.05) is 6.07 Å². The standard InChI is InChI=1S/C20H22N2O4S2/c1-12-16(22-20(26-12)18-6-5-9-27-18)11-28-13(2)19(23)21-15-10-14(24-3)7-8-17(15)25-4/h5-10,13H,11H2,1-4H3,(H,21,23). The van der Waals surface area contributed by atoms with Crippen LogP contribution >= 0.6 is 23.1 Å². The van der Waals surface area contributed by atoms with Crippen LogP contribution in [0.15, 0.2) is 40.1 Å². The summed E-state index contributed by atoms with van der Waals surface area (Å²) in [5, 5.41) is 4.62. The highest BCUT2D eigenvalue weighted by Crippen LogP contribution is 2.31. The molecule has 6 nitrogen and oxygen atoms in total. The predicted octanol–water partition coefficient (Wildman–Crippen LogP) is 4.99. The van der Waals surface area contributed by atoms with Crippen molar-refractivity contribution in [3.8, 4) is 22.3 Å². The smallest absolute Gasteiger partial charge is 0.237 e. The van der Waals surface area contributed by atoms with E-state index in [0.29, 0.717) is 28.8 Å². The van der Waals surface area contributed by atoms with Crippen LogP contribution in [-0.4, -0.2) is 30.4 Å². The molecule has 0 bridgehead atoms. The summed E-state index contributed by atoms with van der Waals surface area (Å²) in [4.78, 5) is 18.2. The van der Waals surface area contributed by atoms with E-state index in [1.807, 2.05) is 31.4 Å². The number of benzene rings is 1. The van der Waals surface area contributed by atoms with Gasteiger partial charge in [-0.05, 0) is 37.4 Å². The number of methoxy groups -OCH3 is 2. The Morgan fingerprint density at radius 1 is 1.32 bits per heavy atom. The summed E-state index contributed by atoms with van der Waals surface area (Å²) < 4.78 is 16.3. The second-order valence-corrected chi connectivity index (χ2v) is 8.28. The Balaban J connectivity index is 1.62. The highest BCUT2D eigenvalue weighted by molar-refractivity contribution is 7.99. The molecule has 0 aliphatic carbocycles. The average Bonchev–Trinajstić information content (AvgIpc) is 3.35. The van der Waals surface area contributed by atoms with Gasteiger partial charge in [-0.25, -0.2) is 4.98 Å². The number of aromatic nitrogens is 1. The molecule has 0 saturated carbocycles. The van der Waals surface area contributed by atoms with Crippen molar-refractivity contribution in [3.05, 3.63) is 47.2 Å². The van der Waals surface area contributed by atoms with Gasteiger partial charge in [0.1, 0.15) is 17.3 Å². The molecule has 1 amide bonds.